The molecule has 1 amide bonds. The molecule has 3 aromatic rings. The Balaban J connectivity index is 1.81. The molecule has 27 heavy (non-hydrogen) atoms. The number of benzene rings is 2. The Morgan fingerprint density at radius 1 is 1.19 bits per heavy atom. The molecular weight excluding hydrogens is 342 g/mol. The van der Waals surface area contributed by atoms with E-state index in [1.54, 1.807) is 31.6 Å². The van der Waals surface area contributed by atoms with Crippen LogP contribution in [0.15, 0.2) is 60.9 Å². The van der Waals surface area contributed by atoms with Crippen LogP contribution in [0.2, 0.25) is 0 Å². The number of ether oxygens (including phenoxy) is 2. The summed E-state index contributed by atoms with van der Waals surface area (Å²) in [7, 11) is 1.60. The minimum absolute atomic E-state index is 0.370. The van der Waals surface area contributed by atoms with Crippen LogP contribution in [-0.4, -0.2) is 36.2 Å². The van der Waals surface area contributed by atoms with Gasteiger partial charge in [-0.05, 0) is 30.3 Å². The van der Waals surface area contributed by atoms with Crippen LogP contribution >= 0.6 is 0 Å². The molecular formula is C21H19N3O3. The normalized spacial score (nSPS) is 9.96. The molecule has 6 heteroatoms. The zero-order valence-electron chi connectivity index (χ0n) is 14.9. The van der Waals surface area contributed by atoms with Crippen LogP contribution < -0.4 is 10.1 Å². The summed E-state index contributed by atoms with van der Waals surface area (Å²) in [5, 5.41) is 2.79. The summed E-state index contributed by atoms with van der Waals surface area (Å²) >= 11 is 0. The Kier molecular flexibility index (Phi) is 6.23. The lowest BCUT2D eigenvalue weighted by Gasteiger charge is -2.12. The molecule has 0 saturated heterocycles. The van der Waals surface area contributed by atoms with Gasteiger partial charge in [-0.25, -0.2) is 4.98 Å². The first-order valence-corrected chi connectivity index (χ1v) is 8.40. The Bertz CT molecular complexity index is 942. The molecule has 136 valence electrons. The van der Waals surface area contributed by atoms with Gasteiger partial charge in [0.2, 0.25) is 0 Å². The van der Waals surface area contributed by atoms with Crippen LogP contribution in [0.4, 0.5) is 5.69 Å². The van der Waals surface area contributed by atoms with Gasteiger partial charge in [0.25, 0.3) is 0 Å². The number of nitrogens with one attached hydrogen (secondary N) is 2. The summed E-state index contributed by atoms with van der Waals surface area (Å²) in [6.07, 6.45) is 3.41. The van der Waals surface area contributed by atoms with E-state index in [1.807, 2.05) is 36.4 Å². The van der Waals surface area contributed by atoms with Crippen molar-refractivity contribution in [2.24, 2.45) is 0 Å². The molecule has 0 aliphatic carbocycles. The zero-order valence-corrected chi connectivity index (χ0v) is 14.9. The van der Waals surface area contributed by atoms with E-state index in [0.717, 1.165) is 11.1 Å². The maximum atomic E-state index is 12.3. The zero-order chi connectivity index (χ0) is 18.9. The third-order valence-corrected chi connectivity index (χ3v) is 3.64. The molecule has 0 aliphatic rings. The Morgan fingerprint density at radius 3 is 2.78 bits per heavy atom. The van der Waals surface area contributed by atoms with Crippen molar-refractivity contribution < 1.29 is 14.3 Å². The van der Waals surface area contributed by atoms with Crippen molar-refractivity contribution in [2.45, 2.75) is 0 Å². The number of hydrogen-bond acceptors (Lipinski definition) is 4. The minimum atomic E-state index is -0.424. The molecule has 0 saturated carbocycles. The molecule has 2 N–H and O–H groups in total. The standard InChI is InChI=1S/C21H19N3O3/c1-26-13-14-27-19-9-8-17(21-22-11-12-23-21)15-18(19)24-20(25)10-7-16-5-3-2-4-6-16/h2-6,8-9,11-12,15H,13-14H2,1H3,(H,22,23)(H,24,25). The molecule has 0 spiro atoms. The second-order valence-electron chi connectivity index (χ2n) is 5.56. The van der Waals surface area contributed by atoms with Gasteiger partial charge in [-0.1, -0.05) is 24.1 Å². The number of carbonyl (C=O) groups is 1. The van der Waals surface area contributed by atoms with Gasteiger partial charge in [0, 0.05) is 36.6 Å². The summed E-state index contributed by atoms with van der Waals surface area (Å²) < 4.78 is 10.7. The smallest absolute Gasteiger partial charge is 0.300 e. The van der Waals surface area contributed by atoms with Crippen molar-refractivity contribution in [3.05, 3.63) is 66.5 Å². The molecule has 2 aromatic carbocycles. The summed E-state index contributed by atoms with van der Waals surface area (Å²) in [6.45, 7) is 0.816. The van der Waals surface area contributed by atoms with Gasteiger partial charge >= 0.3 is 5.91 Å². The number of H-pyrrole nitrogens is 1. The summed E-state index contributed by atoms with van der Waals surface area (Å²) in [6, 6.07) is 14.8. The Morgan fingerprint density at radius 2 is 2.04 bits per heavy atom. The molecule has 3 rings (SSSR count). The Hall–Kier alpha value is -3.56. The number of hydrogen-bond donors (Lipinski definition) is 2. The number of imidazole rings is 1. The van der Waals surface area contributed by atoms with Crippen molar-refractivity contribution in [1.82, 2.24) is 9.97 Å². The maximum absolute atomic E-state index is 12.3. The Labute approximate surface area is 157 Å². The van der Waals surface area contributed by atoms with Crippen molar-refractivity contribution in [1.29, 1.82) is 0 Å². The van der Waals surface area contributed by atoms with Gasteiger partial charge in [0.05, 0.1) is 12.3 Å². The minimum Gasteiger partial charge on any atom is -0.489 e. The fourth-order valence-corrected chi connectivity index (χ4v) is 2.36. The summed E-state index contributed by atoms with van der Waals surface area (Å²) in [4.78, 5) is 19.5. The molecule has 0 bridgehead atoms. The third-order valence-electron chi connectivity index (χ3n) is 3.64. The second-order valence-corrected chi connectivity index (χ2v) is 5.56. The van der Waals surface area contributed by atoms with E-state index in [-0.39, 0.29) is 0 Å². The van der Waals surface area contributed by atoms with E-state index in [2.05, 4.69) is 27.1 Å². The van der Waals surface area contributed by atoms with Crippen molar-refractivity contribution in [2.75, 3.05) is 25.6 Å². The van der Waals surface area contributed by atoms with Gasteiger partial charge < -0.3 is 19.8 Å². The summed E-state index contributed by atoms with van der Waals surface area (Å²) in [5.74, 6) is 6.24. The highest BCUT2D eigenvalue weighted by molar-refractivity contribution is 6.05. The van der Waals surface area contributed by atoms with E-state index >= 15 is 0 Å². The van der Waals surface area contributed by atoms with Crippen LogP contribution in [0.25, 0.3) is 11.4 Å². The predicted octanol–water partition coefficient (Wildman–Crippen LogP) is 3.09. The third kappa shape index (κ3) is 5.21. The quantitative estimate of drug-likeness (QED) is 0.523. The van der Waals surface area contributed by atoms with E-state index in [4.69, 9.17) is 9.47 Å². The monoisotopic (exact) mass is 361 g/mol. The van der Waals surface area contributed by atoms with Crippen molar-refractivity contribution in [3.63, 3.8) is 0 Å². The fourth-order valence-electron chi connectivity index (χ4n) is 2.36. The molecule has 1 heterocycles. The van der Waals surface area contributed by atoms with Gasteiger partial charge in [-0.2, -0.15) is 0 Å². The first-order chi connectivity index (χ1) is 13.3. The lowest BCUT2D eigenvalue weighted by molar-refractivity contribution is -0.111. The number of amides is 1. The number of aromatic amines is 1. The van der Waals surface area contributed by atoms with Crippen molar-refractivity contribution >= 4 is 11.6 Å². The van der Waals surface area contributed by atoms with Crippen LogP contribution in [0.3, 0.4) is 0 Å². The molecule has 1 aromatic heterocycles. The van der Waals surface area contributed by atoms with E-state index in [1.165, 1.54) is 0 Å². The van der Waals surface area contributed by atoms with E-state index in [0.29, 0.717) is 30.5 Å². The number of nitrogens with zero attached hydrogens (tertiary/aromatic N) is 1. The largest absolute Gasteiger partial charge is 0.489 e. The number of anilines is 1. The average molecular weight is 361 g/mol. The number of rotatable bonds is 6. The van der Waals surface area contributed by atoms with E-state index < -0.39 is 5.91 Å². The van der Waals surface area contributed by atoms with Gasteiger partial charge in [-0.3, -0.25) is 4.79 Å². The van der Waals surface area contributed by atoms with Gasteiger partial charge in [0.1, 0.15) is 18.2 Å². The van der Waals surface area contributed by atoms with Gasteiger partial charge in [0.15, 0.2) is 0 Å². The van der Waals surface area contributed by atoms with Crippen LogP contribution in [0.5, 0.6) is 5.75 Å². The van der Waals surface area contributed by atoms with Crippen LogP contribution in [0.1, 0.15) is 5.56 Å². The second kappa shape index (κ2) is 9.22. The number of aromatic nitrogens is 2. The number of methoxy groups -OCH3 is 1. The molecule has 0 radical (unpaired) electrons. The van der Waals surface area contributed by atoms with Crippen LogP contribution in [0, 0.1) is 11.8 Å². The molecule has 0 unspecified atom stereocenters. The van der Waals surface area contributed by atoms with Gasteiger partial charge in [-0.15, -0.1) is 0 Å². The molecule has 0 fully saturated rings. The lowest BCUT2D eigenvalue weighted by atomic mass is 10.1. The highest BCUT2D eigenvalue weighted by Crippen LogP contribution is 2.29. The molecule has 0 aliphatic heterocycles. The SMILES string of the molecule is COCCOc1ccc(-c2ncc[nH]2)cc1NC(=O)C#Cc1ccccc1. The average Bonchev–Trinajstić information content (AvgIpc) is 3.23. The lowest BCUT2D eigenvalue weighted by Crippen LogP contribution is -2.12. The maximum Gasteiger partial charge on any atom is 0.300 e. The van der Waals surface area contributed by atoms with E-state index in [9.17, 15) is 4.79 Å². The highest BCUT2D eigenvalue weighted by atomic mass is 16.5. The first-order valence-electron chi connectivity index (χ1n) is 8.40. The number of carbonyl (C=O) groups excluding carboxylic acids is 1. The van der Waals surface area contributed by atoms with Crippen LogP contribution in [-0.2, 0) is 9.53 Å². The topological polar surface area (TPSA) is 76.2 Å². The summed E-state index contributed by atoms with van der Waals surface area (Å²) in [5.41, 5.74) is 2.12. The first kappa shape index (κ1) is 18.2. The molecule has 6 nitrogen and oxygen atoms in total. The highest BCUT2D eigenvalue weighted by Gasteiger charge is 2.10. The fraction of sp³-hybridized carbons (Fsp3) is 0.143. The molecule has 0 atom stereocenters. The van der Waals surface area contributed by atoms with Crippen molar-refractivity contribution in [3.8, 4) is 29.0 Å². The predicted molar refractivity (Wildman–Crippen MR) is 103 cm³/mol.